The Morgan fingerprint density at radius 1 is 1.44 bits per heavy atom. The van der Waals surface area contributed by atoms with Crippen molar-refractivity contribution < 1.29 is 4.79 Å². The second-order valence-electron chi connectivity index (χ2n) is 4.70. The summed E-state index contributed by atoms with van der Waals surface area (Å²) in [5.41, 5.74) is 1.23. The molecule has 0 fully saturated rings. The molecule has 0 radical (unpaired) electrons. The summed E-state index contributed by atoms with van der Waals surface area (Å²) in [7, 11) is 0. The largest absolute Gasteiger partial charge is 0.311 e. The van der Waals surface area contributed by atoms with Crippen molar-refractivity contribution in [3.05, 3.63) is 41.0 Å². The molecule has 1 aromatic heterocycles. The van der Waals surface area contributed by atoms with Crippen molar-refractivity contribution in [1.29, 1.82) is 0 Å². The van der Waals surface area contributed by atoms with Gasteiger partial charge in [-0.15, -0.1) is 0 Å². The Bertz CT molecular complexity index is 622. The van der Waals surface area contributed by atoms with Crippen LogP contribution >= 0.6 is 11.6 Å². The van der Waals surface area contributed by atoms with E-state index in [2.05, 4.69) is 23.8 Å². The van der Waals surface area contributed by atoms with Crippen molar-refractivity contribution in [2.75, 3.05) is 0 Å². The summed E-state index contributed by atoms with van der Waals surface area (Å²) in [6, 6.07) is -0.0694. The van der Waals surface area contributed by atoms with E-state index in [1.807, 2.05) is 16.7 Å². The predicted molar refractivity (Wildman–Crippen MR) is 70.2 cm³/mol. The van der Waals surface area contributed by atoms with Crippen LogP contribution in [-0.2, 0) is 0 Å². The van der Waals surface area contributed by atoms with Gasteiger partial charge in [-0.3, -0.25) is 4.79 Å². The minimum Gasteiger partial charge on any atom is -0.311 e. The van der Waals surface area contributed by atoms with E-state index in [0.717, 1.165) is 5.82 Å². The summed E-state index contributed by atoms with van der Waals surface area (Å²) in [4.78, 5) is 20.4. The molecular formula is C13H12ClN3O. The third-order valence-electron chi connectivity index (χ3n) is 3.10. The molecule has 0 bridgehead atoms. The Morgan fingerprint density at radius 2 is 2.22 bits per heavy atom. The number of aliphatic imine (C=N–C) groups is 1. The fraction of sp³-hybridized carbons (Fsp3) is 0.308. The minimum absolute atomic E-state index is 0.0694. The molecule has 1 amide bonds. The first-order chi connectivity index (χ1) is 8.58. The van der Waals surface area contributed by atoms with Crippen molar-refractivity contribution in [2.45, 2.75) is 25.8 Å². The zero-order valence-electron chi connectivity index (χ0n) is 10.1. The van der Waals surface area contributed by atoms with Gasteiger partial charge in [-0.2, -0.15) is 0 Å². The number of imidazole rings is 1. The van der Waals surface area contributed by atoms with Crippen molar-refractivity contribution >= 4 is 23.2 Å². The van der Waals surface area contributed by atoms with E-state index in [4.69, 9.17) is 11.6 Å². The van der Waals surface area contributed by atoms with Gasteiger partial charge in [-0.25, -0.2) is 9.98 Å². The first-order valence-electron chi connectivity index (χ1n) is 5.83. The van der Waals surface area contributed by atoms with Crippen LogP contribution in [0.25, 0.3) is 0 Å². The normalized spacial score (nSPS) is 21.6. The number of halogens is 1. The molecule has 0 N–H and O–H groups in total. The van der Waals surface area contributed by atoms with Crippen LogP contribution in [0.4, 0.5) is 0 Å². The van der Waals surface area contributed by atoms with Crippen LogP contribution in [0.3, 0.4) is 0 Å². The second kappa shape index (κ2) is 3.92. The van der Waals surface area contributed by atoms with Crippen molar-refractivity contribution in [3.63, 3.8) is 0 Å². The van der Waals surface area contributed by atoms with E-state index in [9.17, 15) is 4.79 Å². The highest BCUT2D eigenvalue weighted by molar-refractivity contribution is 6.34. The molecule has 92 valence electrons. The van der Waals surface area contributed by atoms with Gasteiger partial charge in [0.15, 0.2) is 0 Å². The van der Waals surface area contributed by atoms with Gasteiger partial charge in [0.25, 0.3) is 5.91 Å². The standard InChI is InChI=1S/C13H12ClN3O/c1-7(2)12-15-6-11-13(18)16-9-5-8(14)3-4-10(9)17(11)12/h3-7,10H,1-2H3. The quantitative estimate of drug-likeness (QED) is 0.780. The molecule has 0 aromatic carbocycles. The molecule has 1 aliphatic carbocycles. The predicted octanol–water partition coefficient (Wildman–Crippen LogP) is 2.83. The van der Waals surface area contributed by atoms with Gasteiger partial charge in [0, 0.05) is 11.0 Å². The molecule has 18 heavy (non-hydrogen) atoms. The van der Waals surface area contributed by atoms with Crippen molar-refractivity contribution in [3.8, 4) is 0 Å². The number of aromatic nitrogens is 2. The maximum absolute atomic E-state index is 11.9. The monoisotopic (exact) mass is 261 g/mol. The Kier molecular flexibility index (Phi) is 2.48. The maximum Gasteiger partial charge on any atom is 0.295 e. The summed E-state index contributed by atoms with van der Waals surface area (Å²) in [6.07, 6.45) is 7.11. The molecule has 2 heterocycles. The number of carbonyl (C=O) groups is 1. The highest BCUT2D eigenvalue weighted by Gasteiger charge is 2.31. The molecular weight excluding hydrogens is 250 g/mol. The Hall–Kier alpha value is -1.68. The summed E-state index contributed by atoms with van der Waals surface area (Å²) in [5.74, 6) is 0.893. The number of hydrogen-bond acceptors (Lipinski definition) is 2. The summed E-state index contributed by atoms with van der Waals surface area (Å²) < 4.78 is 1.95. The van der Waals surface area contributed by atoms with E-state index >= 15 is 0 Å². The van der Waals surface area contributed by atoms with E-state index in [-0.39, 0.29) is 17.9 Å². The van der Waals surface area contributed by atoms with Crippen LogP contribution < -0.4 is 0 Å². The Labute approximate surface area is 110 Å². The number of carbonyl (C=O) groups excluding carboxylic acids is 1. The Morgan fingerprint density at radius 3 is 2.94 bits per heavy atom. The Balaban J connectivity index is 2.19. The summed E-state index contributed by atoms with van der Waals surface area (Å²) in [5, 5.41) is 0.590. The number of amides is 1. The zero-order chi connectivity index (χ0) is 12.9. The van der Waals surface area contributed by atoms with Gasteiger partial charge in [-0.05, 0) is 12.2 Å². The molecule has 1 aliphatic heterocycles. The number of fused-ring (bicyclic) bond motifs is 3. The second-order valence-corrected chi connectivity index (χ2v) is 5.14. The molecule has 5 heteroatoms. The SMILES string of the molecule is CC(C)c1ncc2n1C1C=CC(Cl)=CC1=NC2=O. The van der Waals surface area contributed by atoms with Crippen LogP contribution in [-0.4, -0.2) is 21.2 Å². The van der Waals surface area contributed by atoms with Gasteiger partial charge in [0.2, 0.25) is 0 Å². The third kappa shape index (κ3) is 1.56. The van der Waals surface area contributed by atoms with Crippen LogP contribution in [0, 0.1) is 0 Å². The molecule has 0 saturated carbocycles. The first-order valence-corrected chi connectivity index (χ1v) is 6.21. The van der Waals surface area contributed by atoms with Crippen molar-refractivity contribution in [2.24, 2.45) is 4.99 Å². The lowest BCUT2D eigenvalue weighted by molar-refractivity contribution is 0.0989. The highest BCUT2D eigenvalue weighted by atomic mass is 35.5. The lowest BCUT2D eigenvalue weighted by atomic mass is 10.0. The molecule has 3 rings (SSSR count). The van der Waals surface area contributed by atoms with E-state index in [1.54, 1.807) is 12.3 Å². The fourth-order valence-corrected chi connectivity index (χ4v) is 2.49. The summed E-state index contributed by atoms with van der Waals surface area (Å²) >= 11 is 5.94. The van der Waals surface area contributed by atoms with Crippen LogP contribution in [0.2, 0.25) is 0 Å². The van der Waals surface area contributed by atoms with E-state index < -0.39 is 0 Å². The smallest absolute Gasteiger partial charge is 0.295 e. The van der Waals surface area contributed by atoms with Crippen LogP contribution in [0.15, 0.2) is 34.4 Å². The average Bonchev–Trinajstić information content (AvgIpc) is 2.74. The van der Waals surface area contributed by atoms with Crippen LogP contribution in [0.5, 0.6) is 0 Å². The molecule has 0 saturated heterocycles. The molecule has 4 nitrogen and oxygen atoms in total. The molecule has 1 unspecified atom stereocenters. The minimum atomic E-state index is -0.253. The fourth-order valence-electron chi connectivity index (χ4n) is 2.30. The van der Waals surface area contributed by atoms with Gasteiger partial charge in [0.1, 0.15) is 11.5 Å². The third-order valence-corrected chi connectivity index (χ3v) is 3.33. The maximum atomic E-state index is 11.9. The molecule has 1 atom stereocenters. The van der Waals surface area contributed by atoms with Gasteiger partial charge < -0.3 is 4.57 Å². The zero-order valence-corrected chi connectivity index (χ0v) is 10.8. The number of rotatable bonds is 1. The molecule has 1 aromatic rings. The van der Waals surface area contributed by atoms with Crippen molar-refractivity contribution in [1.82, 2.24) is 9.55 Å². The first kappa shape index (κ1) is 11.4. The number of hydrogen-bond donors (Lipinski definition) is 0. The molecule has 0 spiro atoms. The summed E-state index contributed by atoms with van der Waals surface area (Å²) in [6.45, 7) is 4.11. The topological polar surface area (TPSA) is 47.2 Å². The number of allylic oxidation sites excluding steroid dienone is 4. The van der Waals surface area contributed by atoms with Crippen LogP contribution in [0.1, 0.15) is 42.1 Å². The van der Waals surface area contributed by atoms with E-state index in [1.165, 1.54) is 0 Å². The lowest BCUT2D eigenvalue weighted by Crippen LogP contribution is -2.28. The highest BCUT2D eigenvalue weighted by Crippen LogP contribution is 2.30. The van der Waals surface area contributed by atoms with Gasteiger partial charge in [-0.1, -0.05) is 31.5 Å². The van der Waals surface area contributed by atoms with E-state index in [0.29, 0.717) is 16.4 Å². The average molecular weight is 262 g/mol. The van der Waals surface area contributed by atoms with Gasteiger partial charge in [0.05, 0.1) is 18.0 Å². The molecule has 2 aliphatic rings. The number of nitrogens with zero attached hydrogens (tertiary/aromatic N) is 3. The van der Waals surface area contributed by atoms with Gasteiger partial charge >= 0.3 is 0 Å². The lowest BCUT2D eigenvalue weighted by Gasteiger charge is -2.26.